The fourth-order valence-corrected chi connectivity index (χ4v) is 5.49. The molecule has 3 aromatic rings. The number of aromatic nitrogens is 1. The lowest BCUT2D eigenvalue weighted by Gasteiger charge is -2.25. The molecular weight excluding hydrogens is 412 g/mol. The summed E-state index contributed by atoms with van der Waals surface area (Å²) in [6, 6.07) is 14.3. The van der Waals surface area contributed by atoms with Gasteiger partial charge in [-0.2, -0.15) is 0 Å². The second-order valence-corrected chi connectivity index (χ2v) is 9.61. The number of methoxy groups -OCH3 is 1. The van der Waals surface area contributed by atoms with Gasteiger partial charge in [0.1, 0.15) is 11.5 Å². The first-order valence-corrected chi connectivity index (χ1v) is 12.1. The number of aromatic amines is 1. The predicted octanol–water partition coefficient (Wildman–Crippen LogP) is 5.39. The summed E-state index contributed by atoms with van der Waals surface area (Å²) in [5, 5.41) is 4.48. The normalized spacial score (nSPS) is 21.1. The molecule has 1 unspecified atom stereocenters. The van der Waals surface area contributed by atoms with Gasteiger partial charge in [0.25, 0.3) is 0 Å². The van der Waals surface area contributed by atoms with Gasteiger partial charge < -0.3 is 15.0 Å². The molecule has 2 aliphatic rings. The number of rotatable bonds is 6. The molecule has 0 aliphatic heterocycles. The molecule has 1 fully saturated rings. The first kappa shape index (κ1) is 21.7. The lowest BCUT2D eigenvalue weighted by molar-refractivity contribution is -0.123. The molecule has 1 heterocycles. The Morgan fingerprint density at radius 1 is 1.12 bits per heavy atom. The molecule has 1 amide bonds. The van der Waals surface area contributed by atoms with Gasteiger partial charge in [-0.05, 0) is 80.3 Å². The Morgan fingerprint density at radius 3 is 2.64 bits per heavy atom. The summed E-state index contributed by atoms with van der Waals surface area (Å²) in [7, 11) is 1.69. The van der Waals surface area contributed by atoms with E-state index in [2.05, 4.69) is 34.6 Å². The summed E-state index contributed by atoms with van der Waals surface area (Å²) >= 11 is 0. The Hall–Kier alpha value is -3.08. The van der Waals surface area contributed by atoms with Crippen molar-refractivity contribution < 1.29 is 14.3 Å². The van der Waals surface area contributed by atoms with Crippen LogP contribution in [0.5, 0.6) is 5.75 Å². The molecule has 0 saturated heterocycles. The highest BCUT2D eigenvalue weighted by Crippen LogP contribution is 2.36. The SMILES string of the molecule is COc1ccc2[nH]c3c(c2c1)CCCC3NC(=O)[C@@H](C)c1ccc(C[C@@H]2CCCC2=O)cc1. The molecule has 0 bridgehead atoms. The van der Waals surface area contributed by atoms with E-state index in [1.165, 1.54) is 16.5 Å². The molecule has 1 saturated carbocycles. The van der Waals surface area contributed by atoms with Gasteiger partial charge in [0.2, 0.25) is 5.91 Å². The van der Waals surface area contributed by atoms with Gasteiger partial charge in [0.05, 0.1) is 19.1 Å². The predicted molar refractivity (Wildman–Crippen MR) is 130 cm³/mol. The van der Waals surface area contributed by atoms with Gasteiger partial charge in [0, 0.05) is 28.9 Å². The summed E-state index contributed by atoms with van der Waals surface area (Å²) in [5.74, 6) is 1.23. The first-order valence-electron chi connectivity index (χ1n) is 12.1. The molecule has 33 heavy (non-hydrogen) atoms. The fourth-order valence-electron chi connectivity index (χ4n) is 5.49. The van der Waals surface area contributed by atoms with E-state index in [1.807, 2.05) is 25.1 Å². The van der Waals surface area contributed by atoms with Crippen LogP contribution >= 0.6 is 0 Å². The Labute approximate surface area is 194 Å². The summed E-state index contributed by atoms with van der Waals surface area (Å²) < 4.78 is 5.40. The fraction of sp³-hybridized carbons (Fsp3) is 0.429. The van der Waals surface area contributed by atoms with E-state index >= 15 is 0 Å². The average Bonchev–Trinajstić information content (AvgIpc) is 3.42. The van der Waals surface area contributed by atoms with Crippen molar-refractivity contribution in [2.45, 2.75) is 63.8 Å². The van der Waals surface area contributed by atoms with Gasteiger partial charge in [-0.25, -0.2) is 0 Å². The standard InChI is InChI=1S/C28H32N2O3/c1-17(19-11-9-18(10-12-19)15-20-5-3-8-26(20)31)28(32)30-25-7-4-6-22-23-16-21(33-2)13-14-24(23)29-27(22)25/h9-14,16-17,20,25,29H,3-8,15H2,1-2H3,(H,30,32)/t17-,20-,25?/m0/s1. The average molecular weight is 445 g/mol. The number of aryl methyl sites for hydroxylation is 1. The number of benzene rings is 2. The van der Waals surface area contributed by atoms with E-state index in [0.717, 1.165) is 67.5 Å². The number of hydrogen-bond acceptors (Lipinski definition) is 3. The lowest BCUT2D eigenvalue weighted by atomic mass is 9.90. The molecule has 1 aromatic heterocycles. The number of ketones is 1. The summed E-state index contributed by atoms with van der Waals surface area (Å²) in [6.07, 6.45) is 6.56. The van der Waals surface area contributed by atoms with Gasteiger partial charge in [0.15, 0.2) is 0 Å². The van der Waals surface area contributed by atoms with E-state index < -0.39 is 0 Å². The van der Waals surface area contributed by atoms with Crippen molar-refractivity contribution in [2.75, 3.05) is 7.11 Å². The maximum Gasteiger partial charge on any atom is 0.227 e. The number of fused-ring (bicyclic) bond motifs is 3. The van der Waals surface area contributed by atoms with Crippen molar-refractivity contribution in [3.8, 4) is 5.75 Å². The Kier molecular flexibility index (Phi) is 5.96. The zero-order valence-electron chi connectivity index (χ0n) is 19.4. The van der Waals surface area contributed by atoms with E-state index in [1.54, 1.807) is 7.11 Å². The van der Waals surface area contributed by atoms with E-state index in [-0.39, 0.29) is 23.8 Å². The van der Waals surface area contributed by atoms with Gasteiger partial charge >= 0.3 is 0 Å². The van der Waals surface area contributed by atoms with Crippen LogP contribution in [0.1, 0.15) is 73.4 Å². The molecule has 2 aliphatic carbocycles. The van der Waals surface area contributed by atoms with Gasteiger partial charge in [-0.3, -0.25) is 9.59 Å². The summed E-state index contributed by atoms with van der Waals surface area (Å²) in [4.78, 5) is 28.7. The minimum absolute atomic E-state index is 0.00486. The van der Waals surface area contributed by atoms with E-state index in [9.17, 15) is 9.59 Å². The first-order chi connectivity index (χ1) is 16.0. The van der Waals surface area contributed by atoms with E-state index in [0.29, 0.717) is 5.78 Å². The third-order valence-corrected chi connectivity index (χ3v) is 7.52. The number of nitrogens with one attached hydrogen (secondary N) is 2. The van der Waals surface area contributed by atoms with Gasteiger partial charge in [-0.15, -0.1) is 0 Å². The Bertz CT molecular complexity index is 1180. The second kappa shape index (κ2) is 9.05. The largest absolute Gasteiger partial charge is 0.497 e. The monoisotopic (exact) mass is 444 g/mol. The highest BCUT2D eigenvalue weighted by molar-refractivity contribution is 5.88. The Morgan fingerprint density at radius 2 is 1.91 bits per heavy atom. The zero-order valence-corrected chi connectivity index (χ0v) is 19.4. The molecule has 5 nitrogen and oxygen atoms in total. The van der Waals surface area contributed by atoms with Crippen LogP contribution in [0.3, 0.4) is 0 Å². The number of hydrogen-bond donors (Lipinski definition) is 2. The molecule has 2 N–H and O–H groups in total. The second-order valence-electron chi connectivity index (χ2n) is 9.61. The maximum absolute atomic E-state index is 13.2. The third kappa shape index (κ3) is 4.29. The van der Waals surface area contributed by atoms with Crippen molar-refractivity contribution in [3.05, 3.63) is 64.8 Å². The highest BCUT2D eigenvalue weighted by Gasteiger charge is 2.28. The lowest BCUT2D eigenvalue weighted by Crippen LogP contribution is -2.34. The minimum atomic E-state index is -0.234. The van der Waals surface area contributed by atoms with Crippen molar-refractivity contribution in [1.29, 1.82) is 0 Å². The minimum Gasteiger partial charge on any atom is -0.497 e. The molecule has 2 aromatic carbocycles. The number of H-pyrrole nitrogens is 1. The molecule has 5 heteroatoms. The van der Waals surface area contributed by atoms with Crippen molar-refractivity contribution in [1.82, 2.24) is 10.3 Å². The molecule has 5 rings (SSSR count). The molecule has 172 valence electrons. The van der Waals surface area contributed by atoms with Crippen LogP contribution in [0.4, 0.5) is 0 Å². The molecular formula is C28H32N2O3. The molecule has 3 atom stereocenters. The number of carbonyl (C=O) groups excluding carboxylic acids is 2. The number of Topliss-reactive ketones (excluding diaryl/α,β-unsaturated/α-hetero) is 1. The quantitative estimate of drug-likeness (QED) is 0.536. The summed E-state index contributed by atoms with van der Waals surface area (Å²) in [5.41, 5.74) is 5.69. The Balaban J connectivity index is 1.28. The number of amides is 1. The smallest absolute Gasteiger partial charge is 0.227 e. The van der Waals surface area contributed by atoms with Crippen molar-refractivity contribution in [3.63, 3.8) is 0 Å². The van der Waals surface area contributed by atoms with E-state index in [4.69, 9.17) is 4.74 Å². The number of ether oxygens (including phenoxy) is 1. The van der Waals surface area contributed by atoms with Crippen LogP contribution in [0.15, 0.2) is 42.5 Å². The zero-order chi connectivity index (χ0) is 22.9. The van der Waals surface area contributed by atoms with Crippen LogP contribution < -0.4 is 10.1 Å². The topological polar surface area (TPSA) is 71.2 Å². The van der Waals surface area contributed by atoms with Crippen molar-refractivity contribution in [2.24, 2.45) is 5.92 Å². The van der Waals surface area contributed by atoms with Crippen LogP contribution in [0.2, 0.25) is 0 Å². The molecule has 0 radical (unpaired) electrons. The maximum atomic E-state index is 13.2. The molecule has 0 spiro atoms. The van der Waals surface area contributed by atoms with Crippen LogP contribution in [0.25, 0.3) is 10.9 Å². The van der Waals surface area contributed by atoms with Crippen LogP contribution in [-0.4, -0.2) is 23.8 Å². The van der Waals surface area contributed by atoms with Crippen LogP contribution in [-0.2, 0) is 22.4 Å². The van der Waals surface area contributed by atoms with Gasteiger partial charge in [-0.1, -0.05) is 24.3 Å². The third-order valence-electron chi connectivity index (χ3n) is 7.52. The summed E-state index contributed by atoms with van der Waals surface area (Å²) in [6.45, 7) is 1.96. The van der Waals surface area contributed by atoms with Crippen LogP contribution in [0, 0.1) is 5.92 Å². The highest BCUT2D eigenvalue weighted by atomic mass is 16.5. The van der Waals surface area contributed by atoms with Crippen molar-refractivity contribution >= 4 is 22.6 Å². The number of carbonyl (C=O) groups is 2.